The lowest BCUT2D eigenvalue weighted by Crippen LogP contribution is -2.29. The first-order valence-electron chi connectivity index (χ1n) is 9.15. The first-order valence-corrected chi connectivity index (χ1v) is 9.15. The zero-order valence-corrected chi connectivity index (χ0v) is 15.3. The van der Waals surface area contributed by atoms with Crippen molar-refractivity contribution in [1.82, 2.24) is 10.3 Å². The number of nitrogens with one attached hydrogen (secondary N) is 1. The van der Waals surface area contributed by atoms with Crippen LogP contribution in [0.25, 0.3) is 22.2 Å². The highest BCUT2D eigenvalue weighted by molar-refractivity contribution is 6.07. The van der Waals surface area contributed by atoms with E-state index in [1.165, 1.54) is 0 Å². The highest BCUT2D eigenvalue weighted by Crippen LogP contribution is 2.26. The van der Waals surface area contributed by atoms with E-state index in [4.69, 9.17) is 14.5 Å². The molecule has 1 atom stereocenters. The fraction of sp³-hybridized carbons (Fsp3) is 0.273. The van der Waals surface area contributed by atoms with Crippen molar-refractivity contribution in [2.24, 2.45) is 5.92 Å². The lowest BCUT2D eigenvalue weighted by Gasteiger charge is -2.13. The van der Waals surface area contributed by atoms with Crippen molar-refractivity contribution in [3.8, 4) is 17.0 Å². The molecule has 4 rings (SSSR count). The van der Waals surface area contributed by atoms with Crippen molar-refractivity contribution >= 4 is 16.8 Å². The van der Waals surface area contributed by atoms with Gasteiger partial charge in [-0.15, -0.1) is 0 Å². The molecule has 5 nitrogen and oxygen atoms in total. The van der Waals surface area contributed by atoms with Crippen molar-refractivity contribution in [3.63, 3.8) is 0 Å². The van der Waals surface area contributed by atoms with Gasteiger partial charge in [-0.1, -0.05) is 18.2 Å². The average molecular weight is 362 g/mol. The topological polar surface area (TPSA) is 60.5 Å². The summed E-state index contributed by atoms with van der Waals surface area (Å²) in [6.45, 7) is 2.13. The van der Waals surface area contributed by atoms with Gasteiger partial charge in [-0.05, 0) is 42.8 Å². The molecule has 1 aliphatic heterocycles. The number of para-hydroxylation sites is 1. The van der Waals surface area contributed by atoms with Crippen molar-refractivity contribution in [1.29, 1.82) is 0 Å². The molecule has 0 bridgehead atoms. The predicted molar refractivity (Wildman–Crippen MR) is 105 cm³/mol. The summed E-state index contributed by atoms with van der Waals surface area (Å²) in [7, 11) is 1.64. The quantitative estimate of drug-likeness (QED) is 0.752. The van der Waals surface area contributed by atoms with E-state index < -0.39 is 0 Å². The molecular formula is C22H22N2O3. The number of hydrogen-bond donors (Lipinski definition) is 1. The number of benzene rings is 2. The Morgan fingerprint density at radius 2 is 2.04 bits per heavy atom. The number of methoxy groups -OCH3 is 1. The van der Waals surface area contributed by atoms with Gasteiger partial charge >= 0.3 is 0 Å². The Bertz CT molecular complexity index is 947. The third-order valence-electron chi connectivity index (χ3n) is 4.92. The summed E-state index contributed by atoms with van der Waals surface area (Å²) in [6, 6.07) is 17.3. The van der Waals surface area contributed by atoms with Crippen LogP contribution in [0.5, 0.6) is 5.75 Å². The Hall–Kier alpha value is -2.92. The minimum absolute atomic E-state index is 0.0738. The number of rotatable bonds is 5. The molecule has 1 amide bonds. The van der Waals surface area contributed by atoms with Crippen LogP contribution in [0.3, 0.4) is 0 Å². The molecule has 1 aromatic heterocycles. The Kier molecular flexibility index (Phi) is 5.03. The zero-order chi connectivity index (χ0) is 18.6. The molecule has 2 aromatic carbocycles. The van der Waals surface area contributed by atoms with Gasteiger partial charge in [0.1, 0.15) is 5.75 Å². The third kappa shape index (κ3) is 3.78. The number of pyridine rings is 1. The molecular weight excluding hydrogens is 340 g/mol. The molecule has 2 heterocycles. The third-order valence-corrected chi connectivity index (χ3v) is 4.92. The summed E-state index contributed by atoms with van der Waals surface area (Å²) >= 11 is 0. The maximum atomic E-state index is 12.9. The lowest BCUT2D eigenvalue weighted by atomic mass is 10.0. The highest BCUT2D eigenvalue weighted by Gasteiger charge is 2.18. The first-order chi connectivity index (χ1) is 13.2. The summed E-state index contributed by atoms with van der Waals surface area (Å²) in [5, 5.41) is 3.92. The Balaban J connectivity index is 1.68. The molecule has 0 spiro atoms. The summed E-state index contributed by atoms with van der Waals surface area (Å²) in [4.78, 5) is 17.6. The van der Waals surface area contributed by atoms with Crippen molar-refractivity contribution < 1.29 is 14.3 Å². The predicted octanol–water partition coefficient (Wildman–Crippen LogP) is 3.68. The van der Waals surface area contributed by atoms with Gasteiger partial charge < -0.3 is 14.8 Å². The summed E-state index contributed by atoms with van der Waals surface area (Å²) in [6.07, 6.45) is 0.995. The second-order valence-corrected chi connectivity index (χ2v) is 6.74. The second-order valence-electron chi connectivity index (χ2n) is 6.74. The number of nitrogens with zero attached hydrogens (tertiary/aromatic N) is 1. The number of ether oxygens (including phenoxy) is 2. The molecule has 1 aliphatic rings. The summed E-state index contributed by atoms with van der Waals surface area (Å²) < 4.78 is 10.6. The van der Waals surface area contributed by atoms with Crippen LogP contribution in [0.15, 0.2) is 54.6 Å². The zero-order valence-electron chi connectivity index (χ0n) is 15.3. The van der Waals surface area contributed by atoms with Gasteiger partial charge in [0.2, 0.25) is 0 Å². The average Bonchev–Trinajstić information content (AvgIpc) is 3.25. The first kappa shape index (κ1) is 17.5. The highest BCUT2D eigenvalue weighted by atomic mass is 16.5. The summed E-state index contributed by atoms with van der Waals surface area (Å²) in [5.41, 5.74) is 3.16. The van der Waals surface area contributed by atoms with Crippen molar-refractivity contribution in [2.45, 2.75) is 6.42 Å². The molecule has 3 aromatic rings. The number of amides is 1. The Morgan fingerprint density at radius 1 is 1.22 bits per heavy atom. The number of carbonyl (C=O) groups excluding carboxylic acids is 1. The van der Waals surface area contributed by atoms with Gasteiger partial charge in [0.05, 0.1) is 30.5 Å². The Morgan fingerprint density at radius 3 is 2.78 bits per heavy atom. The monoisotopic (exact) mass is 362 g/mol. The van der Waals surface area contributed by atoms with Gasteiger partial charge in [0.15, 0.2) is 0 Å². The van der Waals surface area contributed by atoms with E-state index in [1.807, 2.05) is 54.6 Å². The molecule has 1 fully saturated rings. The van der Waals surface area contributed by atoms with Gasteiger partial charge in [-0.25, -0.2) is 4.98 Å². The minimum Gasteiger partial charge on any atom is -0.497 e. The van der Waals surface area contributed by atoms with Crippen LogP contribution in [-0.2, 0) is 4.74 Å². The van der Waals surface area contributed by atoms with Gasteiger partial charge in [-0.2, -0.15) is 0 Å². The van der Waals surface area contributed by atoms with Gasteiger partial charge in [0.25, 0.3) is 5.91 Å². The fourth-order valence-corrected chi connectivity index (χ4v) is 3.35. The molecule has 138 valence electrons. The van der Waals surface area contributed by atoms with E-state index >= 15 is 0 Å². The van der Waals surface area contributed by atoms with E-state index in [2.05, 4.69) is 5.32 Å². The molecule has 27 heavy (non-hydrogen) atoms. The molecule has 1 saturated heterocycles. The maximum absolute atomic E-state index is 12.9. The Labute approximate surface area is 158 Å². The number of hydrogen-bond acceptors (Lipinski definition) is 4. The van der Waals surface area contributed by atoms with Crippen molar-refractivity contribution in [3.05, 3.63) is 60.2 Å². The number of aromatic nitrogens is 1. The van der Waals surface area contributed by atoms with E-state index in [0.29, 0.717) is 24.6 Å². The number of carbonyl (C=O) groups is 1. The summed E-state index contributed by atoms with van der Waals surface area (Å²) in [5.74, 6) is 1.11. The minimum atomic E-state index is -0.0738. The van der Waals surface area contributed by atoms with Gasteiger partial charge in [0, 0.05) is 30.0 Å². The van der Waals surface area contributed by atoms with Crippen molar-refractivity contribution in [2.75, 3.05) is 26.9 Å². The van der Waals surface area contributed by atoms with E-state index in [9.17, 15) is 4.79 Å². The number of fused-ring (bicyclic) bond motifs is 1. The van der Waals surface area contributed by atoms with Crippen LogP contribution >= 0.6 is 0 Å². The largest absolute Gasteiger partial charge is 0.497 e. The van der Waals surface area contributed by atoms with Gasteiger partial charge in [-0.3, -0.25) is 4.79 Å². The molecule has 1 N–H and O–H groups in total. The van der Waals surface area contributed by atoms with Crippen LogP contribution in [0, 0.1) is 5.92 Å². The molecule has 0 radical (unpaired) electrons. The van der Waals surface area contributed by atoms with Crippen LogP contribution in [0.2, 0.25) is 0 Å². The van der Waals surface area contributed by atoms with E-state index in [1.54, 1.807) is 7.11 Å². The van der Waals surface area contributed by atoms with E-state index in [-0.39, 0.29) is 5.91 Å². The SMILES string of the molecule is COc1ccc(-c2cc(C(=O)NCC3CCOC3)c3ccccc3n2)cc1. The van der Waals surface area contributed by atoms with E-state index in [0.717, 1.165) is 40.9 Å². The molecule has 1 unspecified atom stereocenters. The molecule has 5 heteroatoms. The standard InChI is InChI=1S/C22H22N2O3/c1-26-17-8-6-16(7-9-17)21-12-19(18-4-2-3-5-20(18)24-21)22(25)23-13-15-10-11-27-14-15/h2-9,12,15H,10-11,13-14H2,1H3,(H,23,25). The van der Waals surface area contributed by atoms with Crippen LogP contribution in [0.1, 0.15) is 16.8 Å². The lowest BCUT2D eigenvalue weighted by molar-refractivity contribution is 0.0946. The molecule has 0 aliphatic carbocycles. The van der Waals surface area contributed by atoms with Crippen LogP contribution in [0.4, 0.5) is 0 Å². The smallest absolute Gasteiger partial charge is 0.252 e. The molecule has 0 saturated carbocycles. The normalized spacial score (nSPS) is 16.4. The fourth-order valence-electron chi connectivity index (χ4n) is 3.35. The second kappa shape index (κ2) is 7.76. The van der Waals surface area contributed by atoms with Crippen LogP contribution in [-0.4, -0.2) is 37.8 Å². The maximum Gasteiger partial charge on any atom is 0.252 e. The van der Waals surface area contributed by atoms with Crippen LogP contribution < -0.4 is 10.1 Å².